The molecule has 4 heteroatoms. The van der Waals surface area contributed by atoms with Crippen molar-refractivity contribution in [3.8, 4) is 0 Å². The van der Waals surface area contributed by atoms with E-state index in [2.05, 4.69) is 17.0 Å². The first kappa shape index (κ1) is 13.5. The van der Waals surface area contributed by atoms with Crippen molar-refractivity contribution in [2.24, 2.45) is 5.73 Å². The Labute approximate surface area is 108 Å². The van der Waals surface area contributed by atoms with Crippen LogP contribution in [0.25, 0.3) is 0 Å². The van der Waals surface area contributed by atoms with E-state index in [1.165, 1.54) is 11.1 Å². The van der Waals surface area contributed by atoms with Gasteiger partial charge in [-0.25, -0.2) is 0 Å². The molecule has 0 aliphatic carbocycles. The van der Waals surface area contributed by atoms with E-state index >= 15 is 0 Å². The molecule has 100 valence electrons. The standard InChI is InChI=1S/C14H22N2O2/c1-11-7-16(9-14(10-17)18-11)8-13-5-3-2-4-12(13)6-15/h2-5,11,14,17H,6-10,15H2,1H3. The van der Waals surface area contributed by atoms with Gasteiger partial charge in [0.05, 0.1) is 18.8 Å². The van der Waals surface area contributed by atoms with Crippen LogP contribution in [0.5, 0.6) is 0 Å². The third-order valence-electron chi connectivity index (χ3n) is 3.34. The summed E-state index contributed by atoms with van der Waals surface area (Å²) in [6, 6.07) is 8.26. The van der Waals surface area contributed by atoms with Crippen LogP contribution in [0, 0.1) is 0 Å². The Morgan fingerprint density at radius 1 is 1.33 bits per heavy atom. The number of aliphatic hydroxyl groups excluding tert-OH is 1. The van der Waals surface area contributed by atoms with Gasteiger partial charge < -0.3 is 15.6 Å². The van der Waals surface area contributed by atoms with Crippen molar-refractivity contribution in [1.29, 1.82) is 0 Å². The van der Waals surface area contributed by atoms with Crippen molar-refractivity contribution in [1.82, 2.24) is 4.90 Å². The van der Waals surface area contributed by atoms with Crippen LogP contribution in [0.4, 0.5) is 0 Å². The molecule has 4 nitrogen and oxygen atoms in total. The number of aliphatic hydroxyl groups is 1. The molecular formula is C14H22N2O2. The Morgan fingerprint density at radius 3 is 2.72 bits per heavy atom. The van der Waals surface area contributed by atoms with Crippen LogP contribution >= 0.6 is 0 Å². The van der Waals surface area contributed by atoms with E-state index in [0.29, 0.717) is 6.54 Å². The molecule has 1 saturated heterocycles. The lowest BCUT2D eigenvalue weighted by Gasteiger charge is -2.36. The first-order chi connectivity index (χ1) is 8.72. The fourth-order valence-corrected chi connectivity index (χ4v) is 2.52. The Hall–Kier alpha value is -0.940. The number of benzene rings is 1. The number of rotatable bonds is 4. The molecule has 0 saturated carbocycles. The van der Waals surface area contributed by atoms with E-state index in [-0.39, 0.29) is 18.8 Å². The van der Waals surface area contributed by atoms with Crippen molar-refractivity contribution in [2.45, 2.75) is 32.2 Å². The average molecular weight is 250 g/mol. The second-order valence-corrected chi connectivity index (χ2v) is 4.92. The molecule has 1 fully saturated rings. The van der Waals surface area contributed by atoms with Crippen LogP contribution < -0.4 is 5.73 Å². The van der Waals surface area contributed by atoms with Crippen LogP contribution in [0.1, 0.15) is 18.1 Å². The molecule has 18 heavy (non-hydrogen) atoms. The van der Waals surface area contributed by atoms with E-state index in [4.69, 9.17) is 10.5 Å². The van der Waals surface area contributed by atoms with Gasteiger partial charge in [0.2, 0.25) is 0 Å². The first-order valence-corrected chi connectivity index (χ1v) is 6.48. The highest BCUT2D eigenvalue weighted by Crippen LogP contribution is 2.16. The summed E-state index contributed by atoms with van der Waals surface area (Å²) in [5.41, 5.74) is 8.21. The fraction of sp³-hybridized carbons (Fsp3) is 0.571. The lowest BCUT2D eigenvalue weighted by Crippen LogP contribution is -2.47. The van der Waals surface area contributed by atoms with Gasteiger partial charge in [0, 0.05) is 26.2 Å². The molecule has 0 spiro atoms. The normalized spacial score (nSPS) is 25.3. The van der Waals surface area contributed by atoms with Gasteiger partial charge in [-0.3, -0.25) is 4.90 Å². The lowest BCUT2D eigenvalue weighted by molar-refractivity contribution is -0.0973. The summed E-state index contributed by atoms with van der Waals surface area (Å²) in [5.74, 6) is 0. The summed E-state index contributed by atoms with van der Waals surface area (Å²) in [7, 11) is 0. The second kappa shape index (κ2) is 6.29. The maximum absolute atomic E-state index is 9.22. The van der Waals surface area contributed by atoms with Gasteiger partial charge in [-0.15, -0.1) is 0 Å². The predicted octanol–water partition coefficient (Wildman–Crippen LogP) is 0.727. The van der Waals surface area contributed by atoms with Gasteiger partial charge in [0.25, 0.3) is 0 Å². The van der Waals surface area contributed by atoms with Gasteiger partial charge >= 0.3 is 0 Å². The van der Waals surface area contributed by atoms with Gasteiger partial charge in [0.15, 0.2) is 0 Å². The van der Waals surface area contributed by atoms with Gasteiger partial charge in [-0.2, -0.15) is 0 Å². The van der Waals surface area contributed by atoms with Crippen LogP contribution in [0.15, 0.2) is 24.3 Å². The predicted molar refractivity (Wildman–Crippen MR) is 71.0 cm³/mol. The highest BCUT2D eigenvalue weighted by Gasteiger charge is 2.24. The summed E-state index contributed by atoms with van der Waals surface area (Å²) >= 11 is 0. The Morgan fingerprint density at radius 2 is 2.06 bits per heavy atom. The highest BCUT2D eigenvalue weighted by molar-refractivity contribution is 5.26. The average Bonchev–Trinajstić information content (AvgIpc) is 2.38. The van der Waals surface area contributed by atoms with Gasteiger partial charge in [0.1, 0.15) is 0 Å². The number of morpholine rings is 1. The topological polar surface area (TPSA) is 58.7 Å². The molecular weight excluding hydrogens is 228 g/mol. The molecule has 1 heterocycles. The first-order valence-electron chi connectivity index (χ1n) is 6.48. The van der Waals surface area contributed by atoms with Gasteiger partial charge in [-0.1, -0.05) is 24.3 Å². The zero-order valence-corrected chi connectivity index (χ0v) is 10.9. The molecule has 2 rings (SSSR count). The largest absolute Gasteiger partial charge is 0.394 e. The number of nitrogens with zero attached hydrogens (tertiary/aromatic N) is 1. The van der Waals surface area contributed by atoms with Crippen molar-refractivity contribution in [3.05, 3.63) is 35.4 Å². The monoisotopic (exact) mass is 250 g/mol. The van der Waals surface area contributed by atoms with Crippen LogP contribution in [-0.4, -0.2) is 41.9 Å². The second-order valence-electron chi connectivity index (χ2n) is 4.92. The van der Waals surface area contributed by atoms with Crippen LogP contribution in [0.3, 0.4) is 0 Å². The summed E-state index contributed by atoms with van der Waals surface area (Å²) < 4.78 is 5.64. The maximum atomic E-state index is 9.22. The minimum Gasteiger partial charge on any atom is -0.394 e. The molecule has 1 aliphatic rings. The molecule has 1 aliphatic heterocycles. The van der Waals surface area contributed by atoms with Crippen molar-refractivity contribution >= 4 is 0 Å². The van der Waals surface area contributed by atoms with E-state index in [9.17, 15) is 5.11 Å². The molecule has 2 unspecified atom stereocenters. The molecule has 0 bridgehead atoms. The highest BCUT2D eigenvalue weighted by atomic mass is 16.5. The molecule has 0 aromatic heterocycles. The Kier molecular flexibility index (Phi) is 4.72. The van der Waals surface area contributed by atoms with E-state index in [0.717, 1.165) is 19.6 Å². The zero-order valence-electron chi connectivity index (χ0n) is 10.9. The molecule has 1 aromatic carbocycles. The molecule has 0 amide bonds. The summed E-state index contributed by atoms with van der Waals surface area (Å²) in [4.78, 5) is 2.32. The minimum atomic E-state index is -0.0706. The summed E-state index contributed by atoms with van der Waals surface area (Å²) in [6.45, 7) is 5.25. The number of ether oxygens (including phenoxy) is 1. The summed E-state index contributed by atoms with van der Waals surface area (Å²) in [5, 5.41) is 9.22. The fourth-order valence-electron chi connectivity index (χ4n) is 2.52. The van der Waals surface area contributed by atoms with Crippen molar-refractivity contribution < 1.29 is 9.84 Å². The molecule has 3 N–H and O–H groups in total. The third kappa shape index (κ3) is 3.29. The van der Waals surface area contributed by atoms with E-state index in [1.54, 1.807) is 0 Å². The summed E-state index contributed by atoms with van der Waals surface area (Å²) in [6.07, 6.45) is 0.0970. The van der Waals surface area contributed by atoms with Crippen LogP contribution in [-0.2, 0) is 17.8 Å². The van der Waals surface area contributed by atoms with Crippen LogP contribution in [0.2, 0.25) is 0 Å². The van der Waals surface area contributed by atoms with Crippen molar-refractivity contribution in [3.63, 3.8) is 0 Å². The third-order valence-corrected chi connectivity index (χ3v) is 3.34. The van der Waals surface area contributed by atoms with E-state index < -0.39 is 0 Å². The molecule has 0 radical (unpaired) electrons. The SMILES string of the molecule is CC1CN(Cc2ccccc2CN)CC(CO)O1. The molecule has 1 aromatic rings. The van der Waals surface area contributed by atoms with E-state index in [1.807, 2.05) is 19.1 Å². The maximum Gasteiger partial charge on any atom is 0.0936 e. The molecule has 2 atom stereocenters. The Balaban J connectivity index is 2.04. The van der Waals surface area contributed by atoms with Gasteiger partial charge in [-0.05, 0) is 18.1 Å². The zero-order chi connectivity index (χ0) is 13.0. The smallest absolute Gasteiger partial charge is 0.0936 e. The number of nitrogens with two attached hydrogens (primary N) is 1. The minimum absolute atomic E-state index is 0.0706. The quantitative estimate of drug-likeness (QED) is 0.827. The number of hydrogen-bond donors (Lipinski definition) is 2. The van der Waals surface area contributed by atoms with Crippen molar-refractivity contribution in [2.75, 3.05) is 19.7 Å². The number of hydrogen-bond acceptors (Lipinski definition) is 4. The lowest BCUT2D eigenvalue weighted by atomic mass is 10.1. The Bertz CT molecular complexity index is 384.